The minimum atomic E-state index is -0.913. The minimum absolute atomic E-state index is 0.0268. The normalized spacial score (nSPS) is 22.4. The first-order valence-corrected chi connectivity index (χ1v) is 6.83. The lowest BCUT2D eigenvalue weighted by Gasteiger charge is -2.25. The van der Waals surface area contributed by atoms with Gasteiger partial charge >= 0.3 is 5.97 Å². The maximum absolute atomic E-state index is 11.8. The second kappa shape index (κ2) is 7.78. The van der Waals surface area contributed by atoms with Crippen molar-refractivity contribution in [3.63, 3.8) is 0 Å². The Morgan fingerprint density at radius 2 is 2.10 bits per heavy atom. The van der Waals surface area contributed by atoms with Gasteiger partial charge in [-0.05, 0) is 26.8 Å². The summed E-state index contributed by atoms with van der Waals surface area (Å²) in [7, 11) is 1.50. The molecule has 1 aliphatic rings. The van der Waals surface area contributed by atoms with Gasteiger partial charge < -0.3 is 14.2 Å². The Bertz CT molecular complexity index is 487. The molecule has 116 valence electrons. The van der Waals surface area contributed by atoms with Crippen LogP contribution in [0.1, 0.15) is 33.6 Å². The second-order valence-electron chi connectivity index (χ2n) is 4.98. The van der Waals surface area contributed by atoms with Crippen molar-refractivity contribution in [2.24, 2.45) is 0 Å². The average Bonchev–Trinajstić information content (AvgIpc) is 2.66. The van der Waals surface area contributed by atoms with Crippen molar-refractivity contribution < 1.29 is 23.8 Å². The van der Waals surface area contributed by atoms with Crippen LogP contribution in [0.3, 0.4) is 0 Å². The van der Waals surface area contributed by atoms with Gasteiger partial charge in [0, 0.05) is 20.0 Å². The second-order valence-corrected chi connectivity index (χ2v) is 4.98. The molecule has 0 aliphatic carbocycles. The van der Waals surface area contributed by atoms with E-state index in [0.29, 0.717) is 17.8 Å². The van der Waals surface area contributed by atoms with E-state index >= 15 is 0 Å². The predicted molar refractivity (Wildman–Crippen MR) is 78.4 cm³/mol. The molecule has 0 aromatic heterocycles. The number of carbonyl (C=O) groups is 2. The van der Waals surface area contributed by atoms with Crippen LogP contribution < -0.4 is 0 Å². The monoisotopic (exact) mass is 294 g/mol. The predicted octanol–water partition coefficient (Wildman–Crippen LogP) is 2.68. The van der Waals surface area contributed by atoms with Crippen molar-refractivity contribution in [3.05, 3.63) is 35.6 Å². The fraction of sp³-hybridized carbons (Fsp3) is 0.500. The van der Waals surface area contributed by atoms with E-state index in [9.17, 15) is 9.59 Å². The van der Waals surface area contributed by atoms with Crippen molar-refractivity contribution in [1.82, 2.24) is 0 Å². The third-order valence-corrected chi connectivity index (χ3v) is 3.20. The van der Waals surface area contributed by atoms with E-state index in [1.54, 1.807) is 26.0 Å². The third kappa shape index (κ3) is 4.56. The first-order valence-electron chi connectivity index (χ1n) is 6.83. The Balaban J connectivity index is 2.71. The molecule has 0 saturated heterocycles. The zero-order chi connectivity index (χ0) is 15.9. The molecular weight excluding hydrogens is 272 g/mol. The van der Waals surface area contributed by atoms with Crippen LogP contribution in [0.4, 0.5) is 0 Å². The van der Waals surface area contributed by atoms with E-state index in [-0.39, 0.29) is 19.0 Å². The Kier molecular flexibility index (Phi) is 6.37. The number of esters is 1. The van der Waals surface area contributed by atoms with Crippen molar-refractivity contribution >= 4 is 11.8 Å². The van der Waals surface area contributed by atoms with Gasteiger partial charge in [0.25, 0.3) is 0 Å². The fourth-order valence-electron chi connectivity index (χ4n) is 2.08. The van der Waals surface area contributed by atoms with Crippen LogP contribution in [-0.4, -0.2) is 31.3 Å². The van der Waals surface area contributed by atoms with E-state index in [1.807, 2.05) is 13.0 Å². The van der Waals surface area contributed by atoms with E-state index in [0.717, 1.165) is 0 Å². The van der Waals surface area contributed by atoms with Gasteiger partial charge in [-0.1, -0.05) is 18.2 Å². The zero-order valence-corrected chi connectivity index (χ0v) is 13.0. The molecule has 0 spiro atoms. The number of ketones is 1. The van der Waals surface area contributed by atoms with Crippen LogP contribution >= 0.6 is 0 Å². The number of carbonyl (C=O) groups excluding carboxylic acids is 2. The molecule has 0 amide bonds. The van der Waals surface area contributed by atoms with Crippen LogP contribution in [0.15, 0.2) is 35.6 Å². The lowest BCUT2D eigenvalue weighted by molar-refractivity contribution is -0.149. The van der Waals surface area contributed by atoms with Gasteiger partial charge in [0.1, 0.15) is 0 Å². The van der Waals surface area contributed by atoms with Crippen molar-refractivity contribution in [3.8, 4) is 0 Å². The molecule has 0 bridgehead atoms. The molecule has 0 radical (unpaired) electrons. The number of cyclic esters (lactones) is 1. The molecule has 1 aliphatic heterocycles. The van der Waals surface area contributed by atoms with Crippen LogP contribution in [0.5, 0.6) is 0 Å². The maximum Gasteiger partial charge on any atom is 0.338 e. The molecule has 0 aromatic carbocycles. The van der Waals surface area contributed by atoms with E-state index in [4.69, 9.17) is 14.2 Å². The van der Waals surface area contributed by atoms with Crippen LogP contribution in [0.25, 0.3) is 0 Å². The summed E-state index contributed by atoms with van der Waals surface area (Å²) in [4.78, 5) is 23.5. The van der Waals surface area contributed by atoms with E-state index in [1.165, 1.54) is 13.2 Å². The summed E-state index contributed by atoms with van der Waals surface area (Å²) in [5.74, 6) is 0.00103. The van der Waals surface area contributed by atoms with Crippen molar-refractivity contribution in [2.45, 2.75) is 39.2 Å². The highest BCUT2D eigenvalue weighted by atomic mass is 16.7. The summed E-state index contributed by atoms with van der Waals surface area (Å²) in [5.41, 5.74) is -0.490. The highest BCUT2D eigenvalue weighted by Crippen LogP contribution is 2.37. The van der Waals surface area contributed by atoms with Crippen molar-refractivity contribution in [1.29, 1.82) is 0 Å². The van der Waals surface area contributed by atoms with Crippen LogP contribution in [-0.2, 0) is 23.8 Å². The molecular formula is C16H22O5. The molecule has 1 heterocycles. The number of hydrogen-bond acceptors (Lipinski definition) is 5. The summed E-state index contributed by atoms with van der Waals surface area (Å²) in [5, 5.41) is 0. The Labute approximate surface area is 125 Å². The van der Waals surface area contributed by atoms with Gasteiger partial charge in [-0.2, -0.15) is 0 Å². The SMILES string of the molecule is C/C=C/C=C/C(=O)CC[C@]1(C)OC(=O)C(C)=C1OCOC. The Hall–Kier alpha value is -1.88. The zero-order valence-electron chi connectivity index (χ0n) is 13.0. The summed E-state index contributed by atoms with van der Waals surface area (Å²) >= 11 is 0. The molecule has 0 fully saturated rings. The lowest BCUT2D eigenvalue weighted by atomic mass is 9.95. The maximum atomic E-state index is 11.8. The summed E-state index contributed by atoms with van der Waals surface area (Å²) in [6.07, 6.45) is 7.46. The quantitative estimate of drug-likeness (QED) is 0.298. The number of methoxy groups -OCH3 is 1. The van der Waals surface area contributed by atoms with Gasteiger partial charge in [0.15, 0.2) is 23.9 Å². The largest absolute Gasteiger partial charge is 0.467 e. The highest BCUT2D eigenvalue weighted by molar-refractivity contribution is 5.92. The third-order valence-electron chi connectivity index (χ3n) is 3.20. The lowest BCUT2D eigenvalue weighted by Crippen LogP contribution is -2.30. The van der Waals surface area contributed by atoms with Gasteiger partial charge in [0.05, 0.1) is 5.57 Å². The highest BCUT2D eigenvalue weighted by Gasteiger charge is 2.44. The molecule has 21 heavy (non-hydrogen) atoms. The van der Waals surface area contributed by atoms with Gasteiger partial charge in [0.2, 0.25) is 0 Å². The van der Waals surface area contributed by atoms with Crippen LogP contribution in [0.2, 0.25) is 0 Å². The van der Waals surface area contributed by atoms with Crippen molar-refractivity contribution in [2.75, 3.05) is 13.9 Å². The van der Waals surface area contributed by atoms with Crippen LogP contribution in [0, 0.1) is 0 Å². The number of allylic oxidation sites excluding steroid dienone is 4. The molecule has 0 N–H and O–H groups in total. The fourth-order valence-corrected chi connectivity index (χ4v) is 2.08. The van der Waals surface area contributed by atoms with Gasteiger partial charge in [-0.15, -0.1) is 0 Å². The summed E-state index contributed by atoms with van der Waals surface area (Å²) in [6, 6.07) is 0. The molecule has 0 saturated carbocycles. The number of hydrogen-bond donors (Lipinski definition) is 0. The molecule has 1 rings (SSSR count). The molecule has 0 unspecified atom stereocenters. The minimum Gasteiger partial charge on any atom is -0.467 e. The number of rotatable bonds is 8. The summed E-state index contributed by atoms with van der Waals surface area (Å²) in [6.45, 7) is 5.30. The smallest absolute Gasteiger partial charge is 0.338 e. The standard InChI is InChI=1S/C16H22O5/c1-5-6-7-8-13(17)9-10-16(3)14(20-11-19-4)12(2)15(18)21-16/h5-8H,9-11H2,1-4H3/b6-5+,8-7+/t16-/m0/s1. The van der Waals surface area contributed by atoms with E-state index < -0.39 is 11.6 Å². The Morgan fingerprint density at radius 3 is 2.71 bits per heavy atom. The van der Waals surface area contributed by atoms with Gasteiger partial charge in [-0.25, -0.2) is 4.79 Å². The first kappa shape index (κ1) is 17.2. The molecule has 0 aromatic rings. The molecule has 1 atom stereocenters. The van der Waals surface area contributed by atoms with Gasteiger partial charge in [-0.3, -0.25) is 4.79 Å². The topological polar surface area (TPSA) is 61.8 Å². The first-order chi connectivity index (χ1) is 9.94. The molecule has 5 heteroatoms. The average molecular weight is 294 g/mol. The molecule has 5 nitrogen and oxygen atoms in total. The Morgan fingerprint density at radius 1 is 1.38 bits per heavy atom. The van der Waals surface area contributed by atoms with E-state index in [2.05, 4.69) is 0 Å². The number of ether oxygens (including phenoxy) is 3. The summed E-state index contributed by atoms with van der Waals surface area (Å²) < 4.78 is 15.7.